The zero-order valence-corrected chi connectivity index (χ0v) is 37.1. The number of nitrogens with one attached hydrogen (secondary N) is 2. The van der Waals surface area contributed by atoms with Crippen LogP contribution in [0.2, 0.25) is 0 Å². The quantitative estimate of drug-likeness (QED) is 0.0740. The van der Waals surface area contributed by atoms with Crippen LogP contribution in [0.5, 0.6) is 17.2 Å². The maximum atomic E-state index is 12.8. The second-order valence-corrected chi connectivity index (χ2v) is 17.6. The number of nitrogens with zero attached hydrogens (tertiary/aromatic N) is 7. The van der Waals surface area contributed by atoms with E-state index in [1.165, 1.54) is 0 Å². The van der Waals surface area contributed by atoms with Gasteiger partial charge in [0.1, 0.15) is 35.5 Å². The molecule has 15 nitrogen and oxygen atoms in total. The molecule has 9 rings (SSSR count). The van der Waals surface area contributed by atoms with Gasteiger partial charge in [-0.2, -0.15) is 11.8 Å². The Labute approximate surface area is 382 Å². The summed E-state index contributed by atoms with van der Waals surface area (Å²) in [6, 6.07) is 37.2. The molecule has 328 valence electrons. The van der Waals surface area contributed by atoms with Crippen LogP contribution in [-0.4, -0.2) is 67.2 Å². The number of tetrazole rings is 1. The maximum absolute atomic E-state index is 12.8. The number of carboxylic acids is 1. The summed E-state index contributed by atoms with van der Waals surface area (Å²) in [6.45, 7) is 2.71. The van der Waals surface area contributed by atoms with E-state index in [2.05, 4.69) is 32.9 Å². The molecule has 1 fully saturated rings. The number of carbonyl (C=O) groups is 3. The zero-order valence-electron chi connectivity index (χ0n) is 35.4. The second-order valence-electron chi connectivity index (χ2n) is 15.5. The van der Waals surface area contributed by atoms with Crippen molar-refractivity contribution < 1.29 is 29.0 Å². The van der Waals surface area contributed by atoms with Gasteiger partial charge in [-0.1, -0.05) is 91.5 Å². The molecule has 3 aromatic heterocycles. The van der Waals surface area contributed by atoms with Gasteiger partial charge in [0, 0.05) is 43.1 Å². The summed E-state index contributed by atoms with van der Waals surface area (Å²) in [5, 5.41) is 26.4. The predicted octanol–water partition coefficient (Wildman–Crippen LogP) is 9.01. The molecule has 65 heavy (non-hydrogen) atoms. The van der Waals surface area contributed by atoms with Gasteiger partial charge in [-0.3, -0.25) is 14.9 Å². The number of hydrogen-bond acceptors (Lipinski definition) is 12. The van der Waals surface area contributed by atoms with Crippen LogP contribution in [0, 0.1) is 0 Å². The predicted molar refractivity (Wildman–Crippen MR) is 249 cm³/mol. The molecule has 1 saturated heterocycles. The number of hydrogen-bond donors (Lipinski definition) is 3. The van der Waals surface area contributed by atoms with Gasteiger partial charge < -0.3 is 23.7 Å². The molecule has 17 heteroatoms. The van der Waals surface area contributed by atoms with Gasteiger partial charge in [0.05, 0.1) is 22.0 Å². The molecule has 1 atom stereocenters. The Morgan fingerprint density at radius 1 is 0.831 bits per heavy atom. The van der Waals surface area contributed by atoms with Crippen molar-refractivity contribution in [2.45, 2.75) is 56.1 Å². The second kappa shape index (κ2) is 19.2. The van der Waals surface area contributed by atoms with Crippen molar-refractivity contribution in [3.8, 4) is 39.8 Å². The minimum absolute atomic E-state index is 0.223. The highest BCUT2D eigenvalue weighted by atomic mass is 32.2. The maximum Gasteiger partial charge on any atom is 0.354 e. The summed E-state index contributed by atoms with van der Waals surface area (Å²) in [5.41, 5.74) is 8.36. The molecule has 1 aliphatic rings. The van der Waals surface area contributed by atoms with Crippen LogP contribution in [0.15, 0.2) is 115 Å². The Kier molecular flexibility index (Phi) is 12.7. The summed E-state index contributed by atoms with van der Waals surface area (Å²) in [7, 11) is 1.94. The molecule has 0 bridgehead atoms. The van der Waals surface area contributed by atoms with Crippen LogP contribution >= 0.6 is 23.5 Å². The standard InChI is InChI=1S/C48H43N9O6S2/c1-3-6-42-50-39(44(47(59)60)57(42)25-30-9-15-32(16-10-30)36-7-4-5-8-37(36)45-52-54-55-53-45)28-64-27-31-13-19-34(20-14-31)63-35-21-22-38-40(24-35)56(2)43(49-38)26-62-33-17-11-29(12-18-33)23-41-46(58)51-48(61)65-41/h4-5,7-22,24,41H,3,6,23,25-28H2,1-2H3,(H,59,60)(H,51,58,61)(H,52,53,54,55). The lowest BCUT2D eigenvalue weighted by Crippen LogP contribution is -2.25. The summed E-state index contributed by atoms with van der Waals surface area (Å²) >= 11 is 2.64. The van der Waals surface area contributed by atoms with Gasteiger partial charge in [0.15, 0.2) is 11.5 Å². The van der Waals surface area contributed by atoms with Gasteiger partial charge in [-0.25, -0.2) is 19.9 Å². The highest BCUT2D eigenvalue weighted by Gasteiger charge is 2.31. The van der Waals surface area contributed by atoms with Gasteiger partial charge in [0.2, 0.25) is 5.91 Å². The lowest BCUT2D eigenvalue weighted by molar-refractivity contribution is -0.118. The van der Waals surface area contributed by atoms with Crippen LogP contribution in [0.1, 0.15) is 57.9 Å². The SMILES string of the molecule is CCCc1nc(CSCc2ccc(Oc3ccc4nc(COc5ccc(CC6SC(=O)NC6=O)cc5)n(C)c4c3)cc2)c(C(=O)O)n1Cc1ccc(-c2ccccc2-c2nnn[nH]2)cc1. The van der Waals surface area contributed by atoms with Crippen LogP contribution < -0.4 is 14.8 Å². The van der Waals surface area contributed by atoms with Gasteiger partial charge in [-0.15, -0.1) is 5.10 Å². The first-order valence-electron chi connectivity index (χ1n) is 21.0. The average Bonchev–Trinajstić information content (AvgIpc) is 4.11. The number of H-pyrrole nitrogens is 1. The fourth-order valence-corrected chi connectivity index (χ4v) is 9.53. The smallest absolute Gasteiger partial charge is 0.354 e. The summed E-state index contributed by atoms with van der Waals surface area (Å²) < 4.78 is 16.1. The molecule has 4 heterocycles. The molecule has 8 aromatic rings. The number of benzene rings is 5. The Bertz CT molecular complexity index is 2990. The highest BCUT2D eigenvalue weighted by molar-refractivity contribution is 8.15. The van der Waals surface area contributed by atoms with Crippen LogP contribution in [0.3, 0.4) is 0 Å². The summed E-state index contributed by atoms with van der Waals surface area (Å²) in [6.07, 6.45) is 1.97. The topological polar surface area (TPSA) is 192 Å². The lowest BCUT2D eigenvalue weighted by Gasteiger charge is -2.12. The molecule has 3 N–H and O–H groups in total. The van der Waals surface area contributed by atoms with Crippen LogP contribution in [-0.2, 0) is 49.3 Å². The third kappa shape index (κ3) is 9.80. The van der Waals surface area contributed by atoms with Crippen molar-refractivity contribution >= 4 is 51.7 Å². The van der Waals surface area contributed by atoms with Gasteiger partial charge in [0.25, 0.3) is 5.24 Å². The van der Waals surface area contributed by atoms with E-state index in [1.807, 2.05) is 131 Å². The number of thioether (sulfide) groups is 2. The number of imidazole rings is 2. The normalized spacial score (nSPS) is 13.7. The Morgan fingerprint density at radius 3 is 2.26 bits per heavy atom. The lowest BCUT2D eigenvalue weighted by atomic mass is 9.98. The number of ether oxygens (including phenoxy) is 2. The van der Waals surface area contributed by atoms with E-state index < -0.39 is 11.2 Å². The summed E-state index contributed by atoms with van der Waals surface area (Å²) in [4.78, 5) is 45.8. The Hall–Kier alpha value is -7.24. The number of rotatable bonds is 18. The number of fused-ring (bicyclic) bond motifs is 1. The number of aromatic amines is 1. The number of carbonyl (C=O) groups excluding carboxylic acids is 2. The molecule has 0 radical (unpaired) electrons. The first kappa shape index (κ1) is 43.0. The molecule has 5 aromatic carbocycles. The fourth-order valence-electron chi connectivity index (χ4n) is 7.74. The van der Waals surface area contributed by atoms with E-state index in [9.17, 15) is 19.5 Å². The van der Waals surface area contributed by atoms with Crippen LogP contribution in [0.25, 0.3) is 33.5 Å². The largest absolute Gasteiger partial charge is 0.486 e. The number of amides is 2. The minimum Gasteiger partial charge on any atom is -0.486 e. The van der Waals surface area contributed by atoms with Crippen molar-refractivity contribution in [1.82, 2.24) is 45.0 Å². The van der Waals surface area contributed by atoms with Crippen molar-refractivity contribution in [3.63, 3.8) is 0 Å². The average molecular weight is 906 g/mol. The van der Waals surface area contributed by atoms with Crippen molar-refractivity contribution in [2.75, 3.05) is 0 Å². The molecule has 0 saturated carbocycles. The van der Waals surface area contributed by atoms with E-state index in [1.54, 1.807) is 11.8 Å². The van der Waals surface area contributed by atoms with Crippen molar-refractivity contribution in [2.24, 2.45) is 7.05 Å². The molecular weight excluding hydrogens is 863 g/mol. The first-order valence-corrected chi connectivity index (χ1v) is 23.0. The minimum atomic E-state index is -0.993. The number of aromatic nitrogens is 8. The van der Waals surface area contributed by atoms with E-state index in [4.69, 9.17) is 19.4 Å². The van der Waals surface area contributed by atoms with Crippen molar-refractivity contribution in [3.05, 3.63) is 155 Å². The Morgan fingerprint density at radius 2 is 1.55 bits per heavy atom. The molecule has 1 unspecified atom stereocenters. The number of imide groups is 1. The van der Waals surface area contributed by atoms with E-state index in [0.29, 0.717) is 59.7 Å². The highest BCUT2D eigenvalue weighted by Crippen LogP contribution is 2.32. The molecular formula is C48H43N9O6S2. The van der Waals surface area contributed by atoms with E-state index in [-0.39, 0.29) is 23.4 Å². The van der Waals surface area contributed by atoms with Gasteiger partial charge in [-0.05, 0) is 87.5 Å². The monoisotopic (exact) mass is 905 g/mol. The van der Waals surface area contributed by atoms with Crippen molar-refractivity contribution in [1.29, 1.82) is 0 Å². The first-order chi connectivity index (χ1) is 31.7. The Balaban J connectivity index is 0.801. The van der Waals surface area contributed by atoms with E-state index >= 15 is 0 Å². The fraction of sp³-hybridized carbons (Fsp3) is 0.208. The third-order valence-electron chi connectivity index (χ3n) is 11.0. The summed E-state index contributed by atoms with van der Waals surface area (Å²) in [5.74, 6) is 3.99. The zero-order chi connectivity index (χ0) is 44.9. The van der Waals surface area contributed by atoms with Crippen LogP contribution in [0.4, 0.5) is 4.79 Å². The molecule has 1 aliphatic heterocycles. The van der Waals surface area contributed by atoms with E-state index in [0.717, 1.165) is 74.2 Å². The number of aromatic carboxylic acids is 1. The number of aryl methyl sites for hydroxylation is 2. The third-order valence-corrected chi connectivity index (χ3v) is 13.0. The molecule has 2 amide bonds. The van der Waals surface area contributed by atoms with Gasteiger partial charge >= 0.3 is 5.97 Å². The molecule has 0 aliphatic carbocycles. The molecule has 0 spiro atoms. The number of carboxylic acid groups (broad SMARTS) is 1.